The van der Waals surface area contributed by atoms with E-state index in [2.05, 4.69) is 19.2 Å². The van der Waals surface area contributed by atoms with Crippen LogP contribution in [-0.2, 0) is 14.3 Å². The van der Waals surface area contributed by atoms with Crippen LogP contribution < -0.4 is 14.8 Å². The summed E-state index contributed by atoms with van der Waals surface area (Å²) in [7, 11) is 3.19. The van der Waals surface area contributed by atoms with Gasteiger partial charge in [-0.05, 0) is 50.5 Å². The number of allylic oxidation sites excluding steroid dienone is 3. The zero-order chi connectivity index (χ0) is 23.0. The molecule has 1 fully saturated rings. The number of esters is 1. The first kappa shape index (κ1) is 22.4. The third kappa shape index (κ3) is 4.15. The molecular formula is C26H33NO5. The molecule has 3 aliphatic rings. The molecule has 172 valence electrons. The van der Waals surface area contributed by atoms with E-state index in [0.717, 1.165) is 49.1 Å². The summed E-state index contributed by atoms with van der Waals surface area (Å²) < 4.78 is 17.0. The van der Waals surface area contributed by atoms with E-state index in [9.17, 15) is 9.59 Å². The lowest BCUT2D eigenvalue weighted by atomic mass is 9.68. The van der Waals surface area contributed by atoms with Crippen molar-refractivity contribution < 1.29 is 23.8 Å². The van der Waals surface area contributed by atoms with Crippen LogP contribution >= 0.6 is 0 Å². The van der Waals surface area contributed by atoms with Gasteiger partial charge in [-0.2, -0.15) is 0 Å². The SMILES string of the molecule is COc1ccc([C@@H]2C(C(=O)OC3CCCC3)=C(C)NC3=C2C(=O)CC(C)(C)C3)c(OC)c1. The van der Waals surface area contributed by atoms with Gasteiger partial charge in [0.25, 0.3) is 0 Å². The number of rotatable bonds is 5. The van der Waals surface area contributed by atoms with Gasteiger partial charge in [-0.3, -0.25) is 4.79 Å². The van der Waals surface area contributed by atoms with E-state index in [1.165, 1.54) is 0 Å². The maximum absolute atomic E-state index is 13.5. The van der Waals surface area contributed by atoms with Crippen LogP contribution in [0.2, 0.25) is 0 Å². The number of nitrogens with one attached hydrogen (secondary N) is 1. The highest BCUT2D eigenvalue weighted by molar-refractivity contribution is 6.04. The third-order valence-electron chi connectivity index (χ3n) is 6.79. The lowest BCUT2D eigenvalue weighted by Gasteiger charge is -2.39. The molecule has 0 saturated heterocycles. The van der Waals surface area contributed by atoms with Gasteiger partial charge in [0, 0.05) is 35.0 Å². The summed E-state index contributed by atoms with van der Waals surface area (Å²) in [5.74, 6) is 0.407. The number of hydrogen-bond acceptors (Lipinski definition) is 6. The first-order valence-electron chi connectivity index (χ1n) is 11.4. The van der Waals surface area contributed by atoms with Crippen LogP contribution in [0.25, 0.3) is 0 Å². The first-order valence-corrected chi connectivity index (χ1v) is 11.4. The minimum Gasteiger partial charge on any atom is -0.497 e. The fraction of sp³-hybridized carbons (Fsp3) is 0.538. The van der Waals surface area contributed by atoms with Crippen LogP contribution in [0.15, 0.2) is 40.7 Å². The fourth-order valence-electron chi connectivity index (χ4n) is 5.30. The molecule has 6 nitrogen and oxygen atoms in total. The van der Waals surface area contributed by atoms with Gasteiger partial charge in [0.2, 0.25) is 0 Å². The van der Waals surface area contributed by atoms with Crippen LogP contribution in [0.5, 0.6) is 11.5 Å². The zero-order valence-electron chi connectivity index (χ0n) is 19.7. The van der Waals surface area contributed by atoms with Gasteiger partial charge in [-0.15, -0.1) is 0 Å². The van der Waals surface area contributed by atoms with Gasteiger partial charge in [-0.1, -0.05) is 19.9 Å². The van der Waals surface area contributed by atoms with Gasteiger partial charge < -0.3 is 19.5 Å². The van der Waals surface area contributed by atoms with E-state index < -0.39 is 5.92 Å². The molecule has 32 heavy (non-hydrogen) atoms. The largest absolute Gasteiger partial charge is 0.497 e. The molecule has 4 rings (SSSR count). The Hall–Kier alpha value is -2.76. The number of carbonyl (C=O) groups is 2. The Labute approximate surface area is 190 Å². The Morgan fingerprint density at radius 2 is 1.81 bits per heavy atom. The lowest BCUT2D eigenvalue weighted by Crippen LogP contribution is -2.39. The van der Waals surface area contributed by atoms with E-state index in [1.807, 2.05) is 19.1 Å². The smallest absolute Gasteiger partial charge is 0.337 e. The second kappa shape index (κ2) is 8.64. The van der Waals surface area contributed by atoms with Crippen molar-refractivity contribution in [2.45, 2.75) is 71.3 Å². The summed E-state index contributed by atoms with van der Waals surface area (Å²) in [6, 6.07) is 5.53. The minimum absolute atomic E-state index is 0.0578. The Balaban J connectivity index is 1.84. The predicted molar refractivity (Wildman–Crippen MR) is 122 cm³/mol. The van der Waals surface area contributed by atoms with E-state index in [-0.39, 0.29) is 23.3 Å². The first-order chi connectivity index (χ1) is 15.2. The maximum Gasteiger partial charge on any atom is 0.337 e. The van der Waals surface area contributed by atoms with E-state index in [4.69, 9.17) is 14.2 Å². The fourth-order valence-corrected chi connectivity index (χ4v) is 5.30. The second-order valence-corrected chi connectivity index (χ2v) is 9.85. The number of carbonyl (C=O) groups excluding carboxylic acids is 2. The molecule has 0 spiro atoms. The molecule has 1 aromatic carbocycles. The van der Waals surface area contributed by atoms with Crippen molar-refractivity contribution >= 4 is 11.8 Å². The van der Waals surface area contributed by atoms with Crippen molar-refractivity contribution in [3.05, 3.63) is 46.3 Å². The van der Waals surface area contributed by atoms with Crippen molar-refractivity contribution in [3.8, 4) is 11.5 Å². The standard InChI is InChI=1S/C26H33NO5/c1-15-22(25(29)32-16-8-6-7-9-16)23(18-11-10-17(30-4)12-21(18)31-5)24-19(27-15)13-26(2,3)14-20(24)28/h10-12,16,23,27H,6-9,13-14H2,1-5H3/t23-/m1/s1. The van der Waals surface area contributed by atoms with Gasteiger partial charge in [0.05, 0.1) is 25.7 Å². The number of methoxy groups -OCH3 is 2. The monoisotopic (exact) mass is 439 g/mol. The van der Waals surface area contributed by atoms with E-state index >= 15 is 0 Å². The molecular weight excluding hydrogens is 406 g/mol. The normalized spacial score (nSPS) is 23.0. The molecule has 1 atom stereocenters. The minimum atomic E-state index is -0.537. The average molecular weight is 440 g/mol. The highest BCUT2D eigenvalue weighted by Gasteiger charge is 2.44. The predicted octanol–water partition coefficient (Wildman–Crippen LogP) is 4.79. The summed E-state index contributed by atoms with van der Waals surface area (Å²) in [5, 5.41) is 3.39. The van der Waals surface area contributed by atoms with Crippen LogP contribution in [0.4, 0.5) is 0 Å². The summed E-state index contributed by atoms with van der Waals surface area (Å²) in [4.78, 5) is 26.9. The highest BCUT2D eigenvalue weighted by Crippen LogP contribution is 2.49. The molecule has 1 heterocycles. The van der Waals surface area contributed by atoms with Crippen molar-refractivity contribution in [3.63, 3.8) is 0 Å². The lowest BCUT2D eigenvalue weighted by molar-refractivity contribution is -0.144. The third-order valence-corrected chi connectivity index (χ3v) is 6.79. The molecule has 0 bridgehead atoms. The number of benzene rings is 1. The van der Waals surface area contributed by atoms with Crippen LogP contribution in [0.1, 0.15) is 70.8 Å². The molecule has 0 unspecified atom stereocenters. The molecule has 6 heteroatoms. The summed E-state index contributed by atoms with van der Waals surface area (Å²) in [6.07, 6.45) is 5.06. The van der Waals surface area contributed by atoms with Crippen molar-refractivity contribution in [2.75, 3.05) is 14.2 Å². The molecule has 0 amide bonds. The molecule has 0 aromatic heterocycles. The van der Waals surface area contributed by atoms with Crippen molar-refractivity contribution in [1.82, 2.24) is 5.32 Å². The Morgan fingerprint density at radius 3 is 2.47 bits per heavy atom. The number of Topliss-reactive ketones (excluding diaryl/α,β-unsaturated/α-hetero) is 1. The second-order valence-electron chi connectivity index (χ2n) is 9.85. The molecule has 0 radical (unpaired) electrons. The zero-order valence-corrected chi connectivity index (χ0v) is 19.7. The molecule has 2 aliphatic carbocycles. The van der Waals surface area contributed by atoms with Gasteiger partial charge in [-0.25, -0.2) is 4.79 Å². The number of dihydropyridines is 1. The number of hydrogen-bond donors (Lipinski definition) is 1. The molecule has 1 aliphatic heterocycles. The number of ether oxygens (including phenoxy) is 3. The summed E-state index contributed by atoms with van der Waals surface area (Å²) in [5.41, 5.74) is 3.40. The Kier molecular flexibility index (Phi) is 6.06. The molecule has 1 N–H and O–H groups in total. The topological polar surface area (TPSA) is 73.9 Å². The molecule has 1 aromatic rings. The van der Waals surface area contributed by atoms with Gasteiger partial charge in [0.1, 0.15) is 17.6 Å². The average Bonchev–Trinajstić information content (AvgIpc) is 3.24. The van der Waals surface area contributed by atoms with Gasteiger partial charge >= 0.3 is 5.97 Å². The Bertz CT molecular complexity index is 997. The van der Waals surface area contributed by atoms with E-state index in [0.29, 0.717) is 29.1 Å². The van der Waals surface area contributed by atoms with Crippen LogP contribution in [-0.4, -0.2) is 32.1 Å². The molecule has 1 saturated carbocycles. The quantitative estimate of drug-likeness (QED) is 0.665. The Morgan fingerprint density at radius 1 is 1.09 bits per heavy atom. The van der Waals surface area contributed by atoms with Crippen LogP contribution in [0.3, 0.4) is 0 Å². The van der Waals surface area contributed by atoms with Crippen molar-refractivity contribution in [2.24, 2.45) is 5.41 Å². The number of ketones is 1. The van der Waals surface area contributed by atoms with E-state index in [1.54, 1.807) is 20.3 Å². The summed E-state index contributed by atoms with van der Waals surface area (Å²) >= 11 is 0. The van der Waals surface area contributed by atoms with Crippen molar-refractivity contribution in [1.29, 1.82) is 0 Å². The highest BCUT2D eigenvalue weighted by atomic mass is 16.5. The summed E-state index contributed by atoms with van der Waals surface area (Å²) in [6.45, 7) is 6.09. The maximum atomic E-state index is 13.5. The van der Waals surface area contributed by atoms with Gasteiger partial charge in [0.15, 0.2) is 5.78 Å². The van der Waals surface area contributed by atoms with Crippen LogP contribution in [0, 0.1) is 5.41 Å².